The van der Waals surface area contributed by atoms with Crippen LogP contribution in [0.2, 0.25) is 0 Å². The molecule has 0 amide bonds. The monoisotopic (exact) mass is 230 g/mol. The minimum Gasteiger partial charge on any atom is -0.327 e. The van der Waals surface area contributed by atoms with Crippen LogP contribution in [0.15, 0.2) is 30.9 Å². The first kappa shape index (κ1) is 11.8. The van der Waals surface area contributed by atoms with Gasteiger partial charge in [-0.2, -0.15) is 0 Å². The van der Waals surface area contributed by atoms with Gasteiger partial charge in [-0.25, -0.2) is 4.98 Å². The highest BCUT2D eigenvalue weighted by molar-refractivity contribution is 5.20. The molecule has 0 aliphatic heterocycles. The fraction of sp³-hybridized carbons (Fsp3) is 0.385. The molecule has 0 aromatic carbocycles. The third kappa shape index (κ3) is 2.71. The number of hydrogen-bond donors (Lipinski definition) is 1. The van der Waals surface area contributed by atoms with Crippen LogP contribution in [-0.2, 0) is 19.5 Å². The maximum atomic E-state index is 4.46. The summed E-state index contributed by atoms with van der Waals surface area (Å²) < 4.78 is 2.14. The number of aromatic nitrogens is 3. The van der Waals surface area contributed by atoms with Crippen LogP contribution in [-0.4, -0.2) is 21.6 Å². The van der Waals surface area contributed by atoms with E-state index < -0.39 is 0 Å². The quantitative estimate of drug-likeness (QED) is 0.848. The summed E-state index contributed by atoms with van der Waals surface area (Å²) in [7, 11) is 1.94. The lowest BCUT2D eigenvalue weighted by Gasteiger charge is -2.10. The Bertz CT molecular complexity index is 476. The maximum Gasteiger partial charge on any atom is 0.0952 e. The van der Waals surface area contributed by atoms with Crippen LogP contribution in [0.5, 0.6) is 0 Å². The minimum atomic E-state index is 0.793. The van der Waals surface area contributed by atoms with E-state index in [0.29, 0.717) is 0 Å². The number of pyridine rings is 1. The molecule has 90 valence electrons. The molecule has 0 saturated heterocycles. The van der Waals surface area contributed by atoms with E-state index in [2.05, 4.69) is 32.8 Å². The Morgan fingerprint density at radius 2 is 2.29 bits per heavy atom. The fourth-order valence-electron chi connectivity index (χ4n) is 1.92. The number of aryl methyl sites for hydroxylation is 1. The van der Waals surface area contributed by atoms with Crippen molar-refractivity contribution < 1.29 is 0 Å². The second-order valence-electron chi connectivity index (χ2n) is 4.01. The second-order valence-corrected chi connectivity index (χ2v) is 4.01. The molecule has 0 bridgehead atoms. The molecule has 2 aromatic rings. The van der Waals surface area contributed by atoms with Crippen molar-refractivity contribution in [3.8, 4) is 0 Å². The van der Waals surface area contributed by atoms with E-state index in [4.69, 9.17) is 0 Å². The number of nitrogens with one attached hydrogen (secondary N) is 1. The summed E-state index contributed by atoms with van der Waals surface area (Å²) in [4.78, 5) is 8.64. The molecule has 2 aromatic heterocycles. The van der Waals surface area contributed by atoms with Crippen molar-refractivity contribution in [2.75, 3.05) is 7.05 Å². The molecule has 0 aliphatic carbocycles. The zero-order chi connectivity index (χ0) is 12.1. The second kappa shape index (κ2) is 5.59. The summed E-state index contributed by atoms with van der Waals surface area (Å²) >= 11 is 0. The van der Waals surface area contributed by atoms with Gasteiger partial charge in [0.15, 0.2) is 0 Å². The molecular weight excluding hydrogens is 212 g/mol. The van der Waals surface area contributed by atoms with Gasteiger partial charge in [-0.05, 0) is 25.1 Å². The van der Waals surface area contributed by atoms with Crippen LogP contribution in [0.1, 0.15) is 23.9 Å². The van der Waals surface area contributed by atoms with E-state index in [9.17, 15) is 0 Å². The number of rotatable bonds is 5. The Labute approximate surface area is 102 Å². The highest BCUT2D eigenvalue weighted by atomic mass is 15.1. The highest BCUT2D eigenvalue weighted by Gasteiger charge is 2.05. The van der Waals surface area contributed by atoms with Gasteiger partial charge in [0.2, 0.25) is 0 Å². The van der Waals surface area contributed by atoms with Crippen molar-refractivity contribution in [3.05, 3.63) is 47.8 Å². The molecule has 4 nitrogen and oxygen atoms in total. The first-order chi connectivity index (χ1) is 8.35. The first-order valence-corrected chi connectivity index (χ1v) is 5.91. The van der Waals surface area contributed by atoms with Gasteiger partial charge in [-0.3, -0.25) is 4.98 Å². The normalized spacial score (nSPS) is 10.7. The van der Waals surface area contributed by atoms with Crippen molar-refractivity contribution >= 4 is 0 Å². The largest absolute Gasteiger partial charge is 0.327 e. The molecule has 17 heavy (non-hydrogen) atoms. The van der Waals surface area contributed by atoms with Gasteiger partial charge < -0.3 is 9.88 Å². The fourth-order valence-corrected chi connectivity index (χ4v) is 1.92. The van der Waals surface area contributed by atoms with Gasteiger partial charge in [0.25, 0.3) is 0 Å². The maximum absolute atomic E-state index is 4.46. The summed E-state index contributed by atoms with van der Waals surface area (Å²) in [5.41, 5.74) is 3.61. The van der Waals surface area contributed by atoms with Gasteiger partial charge in [0, 0.05) is 18.9 Å². The lowest BCUT2D eigenvalue weighted by atomic mass is 10.1. The topological polar surface area (TPSA) is 42.7 Å². The Morgan fingerprint density at radius 1 is 1.41 bits per heavy atom. The number of nitrogens with zero attached hydrogens (tertiary/aromatic N) is 3. The minimum absolute atomic E-state index is 0.793. The molecular formula is C13H18N4. The van der Waals surface area contributed by atoms with E-state index in [1.807, 2.05) is 31.8 Å². The van der Waals surface area contributed by atoms with Crippen molar-refractivity contribution in [1.82, 2.24) is 19.9 Å². The molecule has 0 spiro atoms. The molecule has 0 fully saturated rings. The van der Waals surface area contributed by atoms with E-state index in [-0.39, 0.29) is 0 Å². The molecule has 4 heteroatoms. The van der Waals surface area contributed by atoms with Gasteiger partial charge in [0.1, 0.15) is 0 Å². The van der Waals surface area contributed by atoms with Gasteiger partial charge >= 0.3 is 0 Å². The van der Waals surface area contributed by atoms with Crippen molar-refractivity contribution in [2.24, 2.45) is 0 Å². The lowest BCUT2D eigenvalue weighted by Crippen LogP contribution is -2.12. The van der Waals surface area contributed by atoms with E-state index >= 15 is 0 Å². The van der Waals surface area contributed by atoms with Crippen LogP contribution in [0.3, 0.4) is 0 Å². The average Bonchev–Trinajstić information content (AvgIpc) is 2.78. The van der Waals surface area contributed by atoms with Crippen molar-refractivity contribution in [1.29, 1.82) is 0 Å². The molecule has 0 unspecified atom stereocenters. The summed E-state index contributed by atoms with van der Waals surface area (Å²) in [6, 6.07) is 4.13. The Kier molecular flexibility index (Phi) is 3.88. The van der Waals surface area contributed by atoms with Gasteiger partial charge in [-0.1, -0.05) is 13.0 Å². The Balaban J connectivity index is 2.22. The average molecular weight is 230 g/mol. The van der Waals surface area contributed by atoms with Crippen LogP contribution < -0.4 is 5.32 Å². The summed E-state index contributed by atoms with van der Waals surface area (Å²) in [5, 5.41) is 3.14. The molecule has 2 heterocycles. The van der Waals surface area contributed by atoms with Crippen LogP contribution in [0.25, 0.3) is 0 Å². The molecule has 0 saturated carbocycles. The van der Waals surface area contributed by atoms with Gasteiger partial charge in [0.05, 0.1) is 24.3 Å². The summed E-state index contributed by atoms with van der Waals surface area (Å²) in [6.45, 7) is 3.78. The van der Waals surface area contributed by atoms with Crippen LogP contribution in [0, 0.1) is 0 Å². The summed E-state index contributed by atoms with van der Waals surface area (Å²) in [6.07, 6.45) is 6.62. The zero-order valence-electron chi connectivity index (χ0n) is 10.3. The zero-order valence-corrected chi connectivity index (χ0v) is 10.3. The summed E-state index contributed by atoms with van der Waals surface area (Å²) in [5.74, 6) is 0. The smallest absolute Gasteiger partial charge is 0.0952 e. The van der Waals surface area contributed by atoms with Crippen molar-refractivity contribution in [2.45, 2.75) is 26.4 Å². The lowest BCUT2D eigenvalue weighted by molar-refractivity contribution is 0.678. The first-order valence-electron chi connectivity index (χ1n) is 5.91. The van der Waals surface area contributed by atoms with Crippen molar-refractivity contribution in [3.63, 3.8) is 0 Å². The number of hydrogen-bond acceptors (Lipinski definition) is 3. The molecule has 0 atom stereocenters. The Hall–Kier alpha value is -1.68. The predicted molar refractivity (Wildman–Crippen MR) is 67.7 cm³/mol. The molecule has 0 aliphatic rings. The van der Waals surface area contributed by atoms with E-state index in [1.54, 1.807) is 0 Å². The molecule has 0 radical (unpaired) electrons. The number of imidazole rings is 1. The van der Waals surface area contributed by atoms with E-state index in [0.717, 1.165) is 25.2 Å². The molecule has 1 N–H and O–H groups in total. The Morgan fingerprint density at radius 3 is 3.06 bits per heavy atom. The SMILES string of the molecule is CCc1cccnc1Cn1cncc1CNC. The highest BCUT2D eigenvalue weighted by Crippen LogP contribution is 2.10. The third-order valence-electron chi connectivity index (χ3n) is 2.84. The predicted octanol–water partition coefficient (Wildman–Crippen LogP) is 1.61. The van der Waals surface area contributed by atoms with Gasteiger partial charge in [-0.15, -0.1) is 0 Å². The van der Waals surface area contributed by atoms with E-state index in [1.165, 1.54) is 11.3 Å². The van der Waals surface area contributed by atoms with Crippen LogP contribution in [0.4, 0.5) is 0 Å². The van der Waals surface area contributed by atoms with Crippen LogP contribution >= 0.6 is 0 Å². The molecule has 2 rings (SSSR count). The standard InChI is InChI=1S/C13H18N4/c1-3-11-5-4-6-16-13(11)9-17-10-15-8-12(17)7-14-2/h4-6,8,10,14H,3,7,9H2,1-2H3. The third-order valence-corrected chi connectivity index (χ3v) is 2.84.